The third-order valence-corrected chi connectivity index (χ3v) is 5.23. The van der Waals surface area contributed by atoms with Gasteiger partial charge >= 0.3 is 5.97 Å². The van der Waals surface area contributed by atoms with Gasteiger partial charge in [0.25, 0.3) is 9.05 Å². The van der Waals surface area contributed by atoms with Crippen LogP contribution in [0.1, 0.15) is 9.67 Å². The molecule has 8 heteroatoms. The SMILES string of the molecule is COC(=O)c1scc(-c2ccc(Cl)cc2)c1S(=O)(=O)Cl. The number of carbonyl (C=O) groups excluding carboxylic acids is 1. The largest absolute Gasteiger partial charge is 0.465 e. The van der Waals surface area contributed by atoms with Gasteiger partial charge in [-0.2, -0.15) is 0 Å². The van der Waals surface area contributed by atoms with E-state index in [9.17, 15) is 13.2 Å². The molecular formula is C12H8Cl2O4S2. The molecule has 4 nitrogen and oxygen atoms in total. The molecule has 0 aliphatic rings. The Labute approximate surface area is 129 Å². The minimum absolute atomic E-state index is 0.0487. The maximum atomic E-state index is 11.7. The number of rotatable bonds is 3. The Balaban J connectivity index is 2.69. The summed E-state index contributed by atoms with van der Waals surface area (Å²) < 4.78 is 28.0. The Kier molecular flexibility index (Phi) is 4.39. The van der Waals surface area contributed by atoms with Gasteiger partial charge in [0, 0.05) is 26.6 Å². The smallest absolute Gasteiger partial charge is 0.349 e. The molecule has 1 heterocycles. The lowest BCUT2D eigenvalue weighted by atomic mass is 10.1. The van der Waals surface area contributed by atoms with Gasteiger partial charge in [0.15, 0.2) is 0 Å². The van der Waals surface area contributed by atoms with Crippen LogP contribution in [0.5, 0.6) is 0 Å². The van der Waals surface area contributed by atoms with Crippen LogP contribution in [0.3, 0.4) is 0 Å². The van der Waals surface area contributed by atoms with Gasteiger partial charge < -0.3 is 4.74 Å². The number of thiophene rings is 1. The molecule has 20 heavy (non-hydrogen) atoms. The second-order valence-corrected chi connectivity index (χ2v) is 7.56. The van der Waals surface area contributed by atoms with Crippen LogP contribution >= 0.6 is 33.6 Å². The van der Waals surface area contributed by atoms with E-state index in [0.717, 1.165) is 11.3 Å². The van der Waals surface area contributed by atoms with E-state index in [0.29, 0.717) is 16.1 Å². The van der Waals surface area contributed by atoms with E-state index < -0.39 is 15.0 Å². The van der Waals surface area contributed by atoms with E-state index >= 15 is 0 Å². The Morgan fingerprint density at radius 2 is 1.85 bits per heavy atom. The standard InChI is InChI=1S/C12H8Cl2O4S2/c1-18-12(15)10-11(20(14,16)17)9(6-19-10)7-2-4-8(13)5-3-7/h2-6H,1H3. The molecule has 1 aromatic carbocycles. The maximum Gasteiger partial charge on any atom is 0.349 e. The van der Waals surface area contributed by atoms with Crippen molar-refractivity contribution in [1.29, 1.82) is 0 Å². The van der Waals surface area contributed by atoms with Crippen molar-refractivity contribution in [3.8, 4) is 11.1 Å². The first-order valence-corrected chi connectivity index (χ1v) is 8.81. The first-order chi connectivity index (χ1) is 9.34. The van der Waals surface area contributed by atoms with E-state index in [4.69, 9.17) is 22.3 Å². The van der Waals surface area contributed by atoms with Crippen LogP contribution in [0.2, 0.25) is 5.02 Å². The fourth-order valence-electron chi connectivity index (χ4n) is 1.65. The van der Waals surface area contributed by atoms with Gasteiger partial charge in [-0.1, -0.05) is 23.7 Å². The summed E-state index contributed by atoms with van der Waals surface area (Å²) in [6.07, 6.45) is 0. The predicted molar refractivity (Wildman–Crippen MR) is 79.1 cm³/mol. The maximum absolute atomic E-state index is 11.7. The summed E-state index contributed by atoms with van der Waals surface area (Å²) in [5.41, 5.74) is 0.946. The lowest BCUT2D eigenvalue weighted by molar-refractivity contribution is 0.0602. The second-order valence-electron chi connectivity index (χ2n) is 3.74. The molecule has 0 N–H and O–H groups in total. The van der Waals surface area contributed by atoms with Gasteiger partial charge in [-0.15, -0.1) is 11.3 Å². The zero-order valence-corrected chi connectivity index (χ0v) is 13.2. The van der Waals surface area contributed by atoms with Crippen LogP contribution in [0, 0.1) is 0 Å². The fourth-order valence-corrected chi connectivity index (χ4v) is 4.57. The average molecular weight is 351 g/mol. The van der Waals surface area contributed by atoms with Crippen molar-refractivity contribution in [2.45, 2.75) is 4.90 Å². The molecule has 0 aliphatic heterocycles. The molecule has 0 spiro atoms. The highest BCUT2D eigenvalue weighted by atomic mass is 35.7. The molecule has 0 aliphatic carbocycles. The van der Waals surface area contributed by atoms with Crippen molar-refractivity contribution in [2.24, 2.45) is 0 Å². The van der Waals surface area contributed by atoms with E-state index in [1.54, 1.807) is 29.6 Å². The van der Waals surface area contributed by atoms with Gasteiger partial charge in [-0.25, -0.2) is 13.2 Å². The van der Waals surface area contributed by atoms with Crippen LogP contribution in [0.4, 0.5) is 0 Å². The van der Waals surface area contributed by atoms with Crippen molar-refractivity contribution in [1.82, 2.24) is 0 Å². The van der Waals surface area contributed by atoms with Gasteiger partial charge in [-0.05, 0) is 17.7 Å². The second kappa shape index (κ2) is 5.73. The van der Waals surface area contributed by atoms with Gasteiger partial charge in [0.05, 0.1) is 7.11 Å². The topological polar surface area (TPSA) is 60.4 Å². The van der Waals surface area contributed by atoms with Crippen molar-refractivity contribution >= 4 is 48.6 Å². The van der Waals surface area contributed by atoms with Crippen LogP contribution in [0.15, 0.2) is 34.5 Å². The number of carbonyl (C=O) groups is 1. The third kappa shape index (κ3) is 2.98. The number of methoxy groups -OCH3 is 1. The van der Waals surface area contributed by atoms with Crippen molar-refractivity contribution < 1.29 is 17.9 Å². The highest BCUT2D eigenvalue weighted by Crippen LogP contribution is 2.37. The Morgan fingerprint density at radius 3 is 2.35 bits per heavy atom. The molecule has 0 radical (unpaired) electrons. The van der Waals surface area contributed by atoms with Crippen LogP contribution in [-0.2, 0) is 13.8 Å². The number of ether oxygens (including phenoxy) is 1. The van der Waals surface area contributed by atoms with Crippen molar-refractivity contribution in [3.63, 3.8) is 0 Å². The molecule has 0 unspecified atom stereocenters. The van der Waals surface area contributed by atoms with Crippen LogP contribution in [-0.4, -0.2) is 21.5 Å². The highest BCUT2D eigenvalue weighted by Gasteiger charge is 2.28. The molecule has 0 bridgehead atoms. The molecule has 0 saturated carbocycles. The summed E-state index contributed by atoms with van der Waals surface area (Å²) in [6.45, 7) is 0. The molecule has 0 amide bonds. The van der Waals surface area contributed by atoms with E-state index in [1.165, 1.54) is 7.11 Å². The van der Waals surface area contributed by atoms with Crippen LogP contribution in [0.25, 0.3) is 11.1 Å². The van der Waals surface area contributed by atoms with Crippen molar-refractivity contribution in [2.75, 3.05) is 7.11 Å². The van der Waals surface area contributed by atoms with Crippen LogP contribution < -0.4 is 0 Å². The normalized spacial score (nSPS) is 11.3. The minimum Gasteiger partial charge on any atom is -0.465 e. The lowest BCUT2D eigenvalue weighted by Crippen LogP contribution is -2.04. The number of esters is 1. The Morgan fingerprint density at radius 1 is 1.25 bits per heavy atom. The summed E-state index contributed by atoms with van der Waals surface area (Å²) in [7, 11) is 2.53. The number of hydrogen-bond acceptors (Lipinski definition) is 5. The number of hydrogen-bond donors (Lipinski definition) is 0. The summed E-state index contributed by atoms with van der Waals surface area (Å²) in [6, 6.07) is 6.54. The molecule has 2 rings (SSSR count). The summed E-state index contributed by atoms with van der Waals surface area (Å²) in [5.74, 6) is -0.741. The molecule has 0 saturated heterocycles. The molecule has 106 valence electrons. The number of halogens is 2. The number of benzene rings is 1. The molecule has 0 atom stereocenters. The third-order valence-electron chi connectivity index (χ3n) is 2.52. The van der Waals surface area contributed by atoms with E-state index in [2.05, 4.69) is 4.74 Å². The first kappa shape index (κ1) is 15.3. The molecule has 1 aromatic heterocycles. The minimum atomic E-state index is -4.09. The first-order valence-electron chi connectivity index (χ1n) is 5.25. The zero-order chi connectivity index (χ0) is 14.9. The Hall–Kier alpha value is -1.08. The summed E-state index contributed by atoms with van der Waals surface area (Å²) in [5, 5.41) is 2.07. The van der Waals surface area contributed by atoms with E-state index in [1.807, 2.05) is 0 Å². The average Bonchev–Trinajstić information content (AvgIpc) is 2.83. The zero-order valence-electron chi connectivity index (χ0n) is 10.1. The molecule has 0 fully saturated rings. The monoisotopic (exact) mass is 350 g/mol. The highest BCUT2D eigenvalue weighted by molar-refractivity contribution is 8.14. The quantitative estimate of drug-likeness (QED) is 0.624. The van der Waals surface area contributed by atoms with Gasteiger partial charge in [0.1, 0.15) is 9.77 Å². The summed E-state index contributed by atoms with van der Waals surface area (Å²) >= 11 is 6.75. The van der Waals surface area contributed by atoms with Crippen molar-refractivity contribution in [3.05, 3.63) is 39.5 Å². The fraction of sp³-hybridized carbons (Fsp3) is 0.0833. The molecular weight excluding hydrogens is 343 g/mol. The lowest BCUT2D eigenvalue weighted by Gasteiger charge is -2.04. The predicted octanol–water partition coefficient (Wildman–Crippen LogP) is 3.78. The summed E-state index contributed by atoms with van der Waals surface area (Å²) in [4.78, 5) is 11.3. The van der Waals surface area contributed by atoms with Gasteiger partial charge in [0.2, 0.25) is 0 Å². The molecule has 2 aromatic rings. The van der Waals surface area contributed by atoms with Gasteiger partial charge in [-0.3, -0.25) is 0 Å². The van der Waals surface area contributed by atoms with E-state index in [-0.39, 0.29) is 9.77 Å². The Bertz CT molecular complexity index is 748.